The summed E-state index contributed by atoms with van der Waals surface area (Å²) < 4.78 is 5.15. The summed E-state index contributed by atoms with van der Waals surface area (Å²) in [6.45, 7) is 1.34. The van der Waals surface area contributed by atoms with Crippen LogP contribution >= 0.6 is 0 Å². The van der Waals surface area contributed by atoms with Gasteiger partial charge in [-0.3, -0.25) is 4.79 Å². The van der Waals surface area contributed by atoms with Gasteiger partial charge in [0, 0.05) is 26.3 Å². The van der Waals surface area contributed by atoms with Gasteiger partial charge in [-0.1, -0.05) is 42.5 Å². The first-order valence-electron chi connectivity index (χ1n) is 9.28. The van der Waals surface area contributed by atoms with Crippen LogP contribution in [0.4, 0.5) is 5.82 Å². The molecule has 0 aliphatic rings. The molecule has 28 heavy (non-hydrogen) atoms. The average molecular weight is 375 g/mol. The summed E-state index contributed by atoms with van der Waals surface area (Å²) in [6.07, 6.45) is 2.39. The quantitative estimate of drug-likeness (QED) is 0.652. The number of aromatic nitrogens is 1. The van der Waals surface area contributed by atoms with E-state index in [0.717, 1.165) is 30.1 Å². The molecule has 0 spiro atoms. The van der Waals surface area contributed by atoms with Crippen molar-refractivity contribution in [2.24, 2.45) is 0 Å². The number of carbonyl (C=O) groups excluding carboxylic acids is 1. The number of hydrogen-bond acceptors (Lipinski definition) is 4. The van der Waals surface area contributed by atoms with Gasteiger partial charge < -0.3 is 15.0 Å². The predicted octanol–water partition coefficient (Wildman–Crippen LogP) is 3.70. The van der Waals surface area contributed by atoms with E-state index in [2.05, 4.69) is 27.3 Å². The Morgan fingerprint density at radius 3 is 2.39 bits per heavy atom. The molecule has 0 aliphatic carbocycles. The van der Waals surface area contributed by atoms with Gasteiger partial charge in [-0.2, -0.15) is 0 Å². The van der Waals surface area contributed by atoms with E-state index in [9.17, 15) is 4.79 Å². The Morgan fingerprint density at radius 1 is 1.00 bits per heavy atom. The smallest absolute Gasteiger partial charge is 0.252 e. The lowest BCUT2D eigenvalue weighted by molar-refractivity contribution is 0.0954. The number of benzene rings is 2. The number of rotatable bonds is 8. The van der Waals surface area contributed by atoms with E-state index >= 15 is 0 Å². The SMILES string of the molecule is COc1ccc(CCNC(=O)c2ccc(N(C)Cc3ccccc3)nc2)cc1. The Hall–Kier alpha value is -3.34. The molecule has 0 saturated heterocycles. The Balaban J connectivity index is 1.50. The Morgan fingerprint density at radius 2 is 1.75 bits per heavy atom. The molecule has 1 heterocycles. The van der Waals surface area contributed by atoms with Crippen molar-refractivity contribution < 1.29 is 9.53 Å². The van der Waals surface area contributed by atoms with Gasteiger partial charge >= 0.3 is 0 Å². The molecule has 1 N–H and O–H groups in total. The molecule has 3 aromatic rings. The molecule has 0 fully saturated rings. The second kappa shape index (κ2) is 9.55. The van der Waals surface area contributed by atoms with E-state index in [1.807, 2.05) is 61.6 Å². The van der Waals surface area contributed by atoms with Gasteiger partial charge in [0.2, 0.25) is 0 Å². The third-order valence-corrected chi connectivity index (χ3v) is 4.52. The first-order chi connectivity index (χ1) is 13.7. The maximum atomic E-state index is 12.3. The van der Waals surface area contributed by atoms with Gasteiger partial charge in [-0.25, -0.2) is 4.98 Å². The van der Waals surface area contributed by atoms with Crippen LogP contribution in [0.5, 0.6) is 5.75 Å². The van der Waals surface area contributed by atoms with Gasteiger partial charge in [0.1, 0.15) is 11.6 Å². The van der Waals surface area contributed by atoms with Gasteiger partial charge in [0.05, 0.1) is 12.7 Å². The summed E-state index contributed by atoms with van der Waals surface area (Å²) >= 11 is 0. The first kappa shape index (κ1) is 19.4. The minimum atomic E-state index is -0.113. The standard InChI is InChI=1S/C23H25N3O2/c1-26(17-19-6-4-3-5-7-19)22-13-10-20(16-25-22)23(27)24-15-14-18-8-11-21(28-2)12-9-18/h3-13,16H,14-15,17H2,1-2H3,(H,24,27). The second-order valence-electron chi connectivity index (χ2n) is 6.60. The lowest BCUT2D eigenvalue weighted by atomic mass is 10.1. The Labute approximate surface area is 166 Å². The zero-order valence-corrected chi connectivity index (χ0v) is 16.3. The van der Waals surface area contributed by atoms with Crippen molar-refractivity contribution in [1.82, 2.24) is 10.3 Å². The van der Waals surface area contributed by atoms with E-state index < -0.39 is 0 Å². The fourth-order valence-electron chi connectivity index (χ4n) is 2.90. The first-order valence-corrected chi connectivity index (χ1v) is 9.28. The molecule has 3 rings (SSSR count). The molecular formula is C23H25N3O2. The number of anilines is 1. The number of nitrogens with zero attached hydrogens (tertiary/aromatic N) is 2. The Kier molecular flexibility index (Phi) is 6.63. The fraction of sp³-hybridized carbons (Fsp3) is 0.217. The molecule has 1 aromatic heterocycles. The largest absolute Gasteiger partial charge is 0.497 e. The second-order valence-corrected chi connectivity index (χ2v) is 6.60. The third kappa shape index (κ3) is 5.33. The van der Waals surface area contributed by atoms with Crippen molar-refractivity contribution in [2.75, 3.05) is 25.6 Å². The van der Waals surface area contributed by atoms with E-state index in [1.165, 1.54) is 5.56 Å². The number of methoxy groups -OCH3 is 1. The molecular weight excluding hydrogens is 350 g/mol. The number of carbonyl (C=O) groups is 1. The van der Waals surface area contributed by atoms with E-state index in [0.29, 0.717) is 12.1 Å². The minimum absolute atomic E-state index is 0.113. The van der Waals surface area contributed by atoms with Crippen molar-refractivity contribution in [3.63, 3.8) is 0 Å². The van der Waals surface area contributed by atoms with Gasteiger partial charge in [-0.15, -0.1) is 0 Å². The molecule has 0 radical (unpaired) electrons. The molecule has 1 amide bonds. The van der Waals surface area contributed by atoms with Crippen LogP contribution in [0.15, 0.2) is 72.9 Å². The number of pyridine rings is 1. The molecule has 144 valence electrons. The molecule has 0 atom stereocenters. The van der Waals surface area contributed by atoms with Crippen molar-refractivity contribution >= 4 is 11.7 Å². The highest BCUT2D eigenvalue weighted by molar-refractivity contribution is 5.94. The summed E-state index contributed by atoms with van der Waals surface area (Å²) in [6, 6.07) is 21.8. The molecule has 5 nitrogen and oxygen atoms in total. The summed E-state index contributed by atoms with van der Waals surface area (Å²) in [5.74, 6) is 1.55. The zero-order valence-electron chi connectivity index (χ0n) is 16.3. The monoisotopic (exact) mass is 375 g/mol. The zero-order chi connectivity index (χ0) is 19.8. The maximum absolute atomic E-state index is 12.3. The van der Waals surface area contributed by atoms with Crippen LogP contribution in [-0.2, 0) is 13.0 Å². The van der Waals surface area contributed by atoms with Crippen LogP contribution < -0.4 is 15.0 Å². The van der Waals surface area contributed by atoms with Crippen LogP contribution in [0, 0.1) is 0 Å². The van der Waals surface area contributed by atoms with Crippen molar-refractivity contribution in [1.29, 1.82) is 0 Å². The van der Waals surface area contributed by atoms with Gasteiger partial charge in [0.15, 0.2) is 0 Å². The van der Waals surface area contributed by atoms with Gasteiger partial charge in [-0.05, 0) is 41.8 Å². The number of amides is 1. The van der Waals surface area contributed by atoms with Gasteiger partial charge in [0.25, 0.3) is 5.91 Å². The van der Waals surface area contributed by atoms with Crippen molar-refractivity contribution in [3.8, 4) is 5.75 Å². The topological polar surface area (TPSA) is 54.5 Å². The van der Waals surface area contributed by atoms with E-state index in [4.69, 9.17) is 4.74 Å². The molecule has 0 saturated carbocycles. The highest BCUT2D eigenvalue weighted by atomic mass is 16.5. The highest BCUT2D eigenvalue weighted by Gasteiger charge is 2.08. The van der Waals surface area contributed by atoms with E-state index in [-0.39, 0.29) is 5.91 Å². The third-order valence-electron chi connectivity index (χ3n) is 4.52. The van der Waals surface area contributed by atoms with Crippen LogP contribution in [0.1, 0.15) is 21.5 Å². The van der Waals surface area contributed by atoms with Crippen LogP contribution in [0.2, 0.25) is 0 Å². The Bertz CT molecular complexity index is 878. The summed E-state index contributed by atoms with van der Waals surface area (Å²) in [7, 11) is 3.64. The van der Waals surface area contributed by atoms with Crippen LogP contribution in [0.3, 0.4) is 0 Å². The normalized spacial score (nSPS) is 10.4. The fourth-order valence-corrected chi connectivity index (χ4v) is 2.90. The lowest BCUT2D eigenvalue weighted by Crippen LogP contribution is -2.26. The van der Waals surface area contributed by atoms with Crippen LogP contribution in [0.25, 0.3) is 0 Å². The lowest BCUT2D eigenvalue weighted by Gasteiger charge is -2.18. The molecule has 0 aliphatic heterocycles. The summed E-state index contributed by atoms with van der Waals surface area (Å²) in [4.78, 5) is 18.8. The molecule has 0 unspecified atom stereocenters. The summed E-state index contributed by atoms with van der Waals surface area (Å²) in [5.41, 5.74) is 2.93. The maximum Gasteiger partial charge on any atom is 0.252 e. The summed E-state index contributed by atoms with van der Waals surface area (Å²) in [5, 5.41) is 2.94. The molecule has 2 aromatic carbocycles. The molecule has 0 bridgehead atoms. The van der Waals surface area contributed by atoms with Crippen LogP contribution in [-0.4, -0.2) is 31.6 Å². The van der Waals surface area contributed by atoms with Crippen molar-refractivity contribution in [2.45, 2.75) is 13.0 Å². The number of nitrogens with one attached hydrogen (secondary N) is 1. The predicted molar refractivity (Wildman–Crippen MR) is 112 cm³/mol. The highest BCUT2D eigenvalue weighted by Crippen LogP contribution is 2.14. The molecule has 5 heteroatoms. The van der Waals surface area contributed by atoms with E-state index in [1.54, 1.807) is 13.3 Å². The average Bonchev–Trinajstić information content (AvgIpc) is 2.75. The minimum Gasteiger partial charge on any atom is -0.497 e. The number of hydrogen-bond donors (Lipinski definition) is 1. The number of ether oxygens (including phenoxy) is 1. The van der Waals surface area contributed by atoms with Crippen molar-refractivity contribution in [3.05, 3.63) is 89.6 Å².